The quantitative estimate of drug-likeness (QED) is 0.912. The van der Waals surface area contributed by atoms with E-state index < -0.39 is 0 Å². The minimum Gasteiger partial charge on any atom is -0.348 e. The lowest BCUT2D eigenvalue weighted by Crippen LogP contribution is -2.37. The lowest BCUT2D eigenvalue weighted by molar-refractivity contribution is 0.0918. The number of amides is 1. The summed E-state index contributed by atoms with van der Waals surface area (Å²) in [5.74, 6) is 0.743. The molecule has 4 nitrogen and oxygen atoms in total. The van der Waals surface area contributed by atoms with E-state index in [1.54, 1.807) is 6.20 Å². The van der Waals surface area contributed by atoms with Crippen LogP contribution in [0.1, 0.15) is 48.7 Å². The van der Waals surface area contributed by atoms with E-state index in [0.29, 0.717) is 11.7 Å². The summed E-state index contributed by atoms with van der Waals surface area (Å²) in [6.07, 6.45) is 8.32. The van der Waals surface area contributed by atoms with Crippen molar-refractivity contribution in [2.75, 3.05) is 0 Å². The predicted molar refractivity (Wildman–Crippen MR) is 78.8 cm³/mol. The highest BCUT2D eigenvalue weighted by Crippen LogP contribution is 2.23. The molecular weight excluding hydrogens is 250 g/mol. The summed E-state index contributed by atoms with van der Waals surface area (Å²) < 4.78 is 1.89. The first-order valence-electron chi connectivity index (χ1n) is 7.38. The second-order valence-electron chi connectivity index (χ2n) is 6.03. The van der Waals surface area contributed by atoms with Gasteiger partial charge in [-0.3, -0.25) is 4.79 Å². The summed E-state index contributed by atoms with van der Waals surface area (Å²) in [6.45, 7) is 4.31. The fraction of sp³-hybridized carbons (Fsp3) is 0.500. The van der Waals surface area contributed by atoms with Crippen LogP contribution in [0.3, 0.4) is 0 Å². The molecule has 1 amide bonds. The SMILES string of the molecule is Cc1ccn2cc(C(=O)NC3CCC(C)CC3)nc2c1. The molecule has 0 aromatic carbocycles. The van der Waals surface area contributed by atoms with E-state index in [1.165, 1.54) is 12.8 Å². The molecule has 1 fully saturated rings. The standard InChI is InChI=1S/C16H21N3O/c1-11-3-5-13(6-4-11)17-16(20)14-10-19-8-7-12(2)9-15(19)18-14/h7-11,13H,3-6H2,1-2H3,(H,17,20). The fourth-order valence-corrected chi connectivity index (χ4v) is 2.86. The van der Waals surface area contributed by atoms with Crippen molar-refractivity contribution in [2.24, 2.45) is 5.92 Å². The Balaban J connectivity index is 1.72. The van der Waals surface area contributed by atoms with Gasteiger partial charge in [-0.2, -0.15) is 0 Å². The highest BCUT2D eigenvalue weighted by molar-refractivity contribution is 5.93. The summed E-state index contributed by atoms with van der Waals surface area (Å²) in [7, 11) is 0. The van der Waals surface area contributed by atoms with Gasteiger partial charge in [0.1, 0.15) is 11.3 Å². The van der Waals surface area contributed by atoms with E-state index >= 15 is 0 Å². The minimum atomic E-state index is -0.0501. The normalized spacial score (nSPS) is 22.9. The Morgan fingerprint density at radius 2 is 2.10 bits per heavy atom. The van der Waals surface area contributed by atoms with E-state index in [2.05, 4.69) is 17.2 Å². The van der Waals surface area contributed by atoms with Crippen LogP contribution in [0.2, 0.25) is 0 Å². The monoisotopic (exact) mass is 271 g/mol. The molecule has 1 saturated carbocycles. The van der Waals surface area contributed by atoms with Gasteiger partial charge in [0.25, 0.3) is 5.91 Å². The lowest BCUT2D eigenvalue weighted by Gasteiger charge is -2.26. The van der Waals surface area contributed by atoms with Crippen LogP contribution in [0.5, 0.6) is 0 Å². The molecule has 0 unspecified atom stereocenters. The highest BCUT2D eigenvalue weighted by atomic mass is 16.2. The average Bonchev–Trinajstić information content (AvgIpc) is 2.84. The van der Waals surface area contributed by atoms with Crippen LogP contribution >= 0.6 is 0 Å². The van der Waals surface area contributed by atoms with Crippen LogP contribution in [0.25, 0.3) is 5.65 Å². The molecule has 0 spiro atoms. The number of hydrogen-bond donors (Lipinski definition) is 1. The van der Waals surface area contributed by atoms with Gasteiger partial charge in [0.15, 0.2) is 0 Å². The Hall–Kier alpha value is -1.84. The van der Waals surface area contributed by atoms with Crippen molar-refractivity contribution >= 4 is 11.6 Å². The van der Waals surface area contributed by atoms with Crippen molar-refractivity contribution in [2.45, 2.75) is 45.6 Å². The maximum absolute atomic E-state index is 12.3. The smallest absolute Gasteiger partial charge is 0.271 e. The van der Waals surface area contributed by atoms with E-state index in [1.807, 2.05) is 29.7 Å². The molecule has 0 aliphatic heterocycles. The van der Waals surface area contributed by atoms with Crippen molar-refractivity contribution in [1.82, 2.24) is 14.7 Å². The van der Waals surface area contributed by atoms with E-state index in [9.17, 15) is 4.79 Å². The third-order valence-electron chi connectivity index (χ3n) is 4.20. The van der Waals surface area contributed by atoms with Crippen LogP contribution in [0.15, 0.2) is 24.5 Å². The Morgan fingerprint density at radius 3 is 2.85 bits per heavy atom. The molecule has 1 aliphatic carbocycles. The first-order chi connectivity index (χ1) is 9.61. The summed E-state index contributed by atoms with van der Waals surface area (Å²) in [5, 5.41) is 3.12. The molecule has 1 aliphatic rings. The molecule has 20 heavy (non-hydrogen) atoms. The van der Waals surface area contributed by atoms with Gasteiger partial charge in [-0.05, 0) is 56.2 Å². The zero-order valence-electron chi connectivity index (χ0n) is 12.1. The largest absolute Gasteiger partial charge is 0.348 e. The zero-order chi connectivity index (χ0) is 14.1. The van der Waals surface area contributed by atoms with Gasteiger partial charge in [-0.15, -0.1) is 0 Å². The van der Waals surface area contributed by atoms with Crippen LogP contribution in [-0.4, -0.2) is 21.3 Å². The Labute approximate surface area is 119 Å². The summed E-state index contributed by atoms with van der Waals surface area (Å²) in [6, 6.07) is 4.31. The average molecular weight is 271 g/mol. The zero-order valence-corrected chi connectivity index (χ0v) is 12.1. The lowest BCUT2D eigenvalue weighted by atomic mass is 9.87. The van der Waals surface area contributed by atoms with Gasteiger partial charge in [-0.1, -0.05) is 6.92 Å². The van der Waals surface area contributed by atoms with E-state index in [0.717, 1.165) is 30.0 Å². The van der Waals surface area contributed by atoms with E-state index in [-0.39, 0.29) is 5.91 Å². The molecule has 0 atom stereocenters. The molecule has 2 heterocycles. The molecule has 2 aromatic rings. The number of carbonyl (C=O) groups excluding carboxylic acids is 1. The Kier molecular flexibility index (Phi) is 3.47. The number of imidazole rings is 1. The number of hydrogen-bond acceptors (Lipinski definition) is 2. The van der Waals surface area contributed by atoms with Crippen molar-refractivity contribution in [3.63, 3.8) is 0 Å². The van der Waals surface area contributed by atoms with E-state index in [4.69, 9.17) is 0 Å². The highest BCUT2D eigenvalue weighted by Gasteiger charge is 2.21. The fourth-order valence-electron chi connectivity index (χ4n) is 2.86. The molecular formula is C16H21N3O. The topological polar surface area (TPSA) is 46.4 Å². The number of nitrogens with zero attached hydrogens (tertiary/aromatic N) is 2. The van der Waals surface area contributed by atoms with Gasteiger partial charge < -0.3 is 9.72 Å². The molecule has 0 radical (unpaired) electrons. The van der Waals surface area contributed by atoms with Gasteiger partial charge in [0.2, 0.25) is 0 Å². The van der Waals surface area contributed by atoms with Crippen molar-refractivity contribution in [1.29, 1.82) is 0 Å². The molecule has 1 N–H and O–H groups in total. The maximum Gasteiger partial charge on any atom is 0.271 e. The van der Waals surface area contributed by atoms with Crippen molar-refractivity contribution < 1.29 is 4.79 Å². The summed E-state index contributed by atoms with van der Waals surface area (Å²) in [5.41, 5.74) is 2.48. The number of aromatic nitrogens is 2. The number of nitrogens with one attached hydrogen (secondary N) is 1. The third-order valence-corrected chi connectivity index (χ3v) is 4.20. The van der Waals surface area contributed by atoms with Gasteiger partial charge in [0, 0.05) is 18.4 Å². The first kappa shape index (κ1) is 13.2. The summed E-state index contributed by atoms with van der Waals surface area (Å²) >= 11 is 0. The van der Waals surface area contributed by atoms with Gasteiger partial charge in [0.05, 0.1) is 0 Å². The minimum absolute atomic E-state index is 0.0501. The van der Waals surface area contributed by atoms with Gasteiger partial charge in [-0.25, -0.2) is 4.98 Å². The first-order valence-corrected chi connectivity index (χ1v) is 7.38. The number of aryl methyl sites for hydroxylation is 1. The molecule has 2 aromatic heterocycles. The third kappa shape index (κ3) is 2.69. The van der Waals surface area contributed by atoms with Gasteiger partial charge >= 0.3 is 0 Å². The van der Waals surface area contributed by atoms with Crippen molar-refractivity contribution in [3.8, 4) is 0 Å². The molecule has 3 rings (SSSR count). The molecule has 4 heteroatoms. The van der Waals surface area contributed by atoms with Crippen LogP contribution in [-0.2, 0) is 0 Å². The molecule has 0 bridgehead atoms. The molecule has 106 valence electrons. The Bertz CT molecular complexity index is 624. The predicted octanol–water partition coefficient (Wildman–Crippen LogP) is 2.95. The maximum atomic E-state index is 12.3. The number of fused-ring (bicyclic) bond motifs is 1. The van der Waals surface area contributed by atoms with Crippen LogP contribution in [0.4, 0.5) is 0 Å². The van der Waals surface area contributed by atoms with Crippen LogP contribution in [0, 0.1) is 12.8 Å². The van der Waals surface area contributed by atoms with Crippen LogP contribution < -0.4 is 5.32 Å². The second-order valence-corrected chi connectivity index (χ2v) is 6.03. The number of carbonyl (C=O) groups is 1. The second kappa shape index (κ2) is 5.27. The number of rotatable bonds is 2. The van der Waals surface area contributed by atoms with Crippen molar-refractivity contribution in [3.05, 3.63) is 35.8 Å². The summed E-state index contributed by atoms with van der Waals surface area (Å²) in [4.78, 5) is 16.7. The number of pyridine rings is 1. The molecule has 0 saturated heterocycles. The Morgan fingerprint density at radius 1 is 1.35 bits per heavy atom.